The van der Waals surface area contributed by atoms with Crippen molar-refractivity contribution in [2.24, 2.45) is 5.92 Å². The summed E-state index contributed by atoms with van der Waals surface area (Å²) in [6.07, 6.45) is 0.0404. The second-order valence-corrected chi connectivity index (χ2v) is 15.9. The zero-order valence-electron chi connectivity index (χ0n) is 26.9. The number of aliphatic hydroxyl groups excluding tert-OH is 1. The summed E-state index contributed by atoms with van der Waals surface area (Å²) in [6.45, 7) is 5.29. The molecule has 0 aliphatic carbocycles. The van der Waals surface area contributed by atoms with E-state index >= 15 is 0 Å². The lowest BCUT2D eigenvalue weighted by atomic mass is 10.0. The van der Waals surface area contributed by atoms with Crippen molar-refractivity contribution in [3.8, 4) is 0 Å². The van der Waals surface area contributed by atoms with E-state index < -0.39 is 40.1 Å². The number of hydrogen-bond acceptors (Lipinski definition) is 11. The number of ketones is 1. The van der Waals surface area contributed by atoms with E-state index in [-0.39, 0.29) is 62.0 Å². The van der Waals surface area contributed by atoms with Crippen LogP contribution in [0.4, 0.5) is 4.79 Å². The van der Waals surface area contributed by atoms with E-state index in [2.05, 4.69) is 15.3 Å². The fourth-order valence-corrected chi connectivity index (χ4v) is 8.30. The van der Waals surface area contributed by atoms with Crippen LogP contribution in [0.3, 0.4) is 0 Å². The van der Waals surface area contributed by atoms with E-state index in [1.165, 1.54) is 39.1 Å². The average molecular weight is 717 g/mol. The number of carbonyl (C=O) groups excluding carboxylic acids is 2. The predicted octanol–water partition coefficient (Wildman–Crippen LogP) is 5.23. The molecule has 258 valence electrons. The van der Waals surface area contributed by atoms with Gasteiger partial charge in [0.05, 0.1) is 43.6 Å². The van der Waals surface area contributed by atoms with Gasteiger partial charge in [-0.15, -0.1) is 22.7 Å². The number of ether oxygens (including phenoxy) is 1. The van der Waals surface area contributed by atoms with E-state index in [4.69, 9.17) is 9.84 Å². The lowest BCUT2D eigenvalue weighted by molar-refractivity contribution is -0.137. The Morgan fingerprint density at radius 2 is 1.79 bits per heavy atom. The van der Waals surface area contributed by atoms with Crippen LogP contribution < -0.4 is 5.32 Å². The van der Waals surface area contributed by atoms with Crippen LogP contribution in [0.2, 0.25) is 0 Å². The summed E-state index contributed by atoms with van der Waals surface area (Å²) in [5.74, 6) is -1.74. The van der Waals surface area contributed by atoms with Gasteiger partial charge in [0, 0.05) is 32.1 Å². The summed E-state index contributed by atoms with van der Waals surface area (Å²) >= 11 is 2.56. The number of rotatable bonds is 18. The highest BCUT2D eigenvalue weighted by Gasteiger charge is 2.32. The van der Waals surface area contributed by atoms with Crippen LogP contribution in [0.15, 0.2) is 65.1 Å². The van der Waals surface area contributed by atoms with Crippen molar-refractivity contribution >= 4 is 60.8 Å². The molecule has 2 aromatic heterocycles. The molecule has 3 N–H and O–H groups in total. The molecule has 4 rings (SSSR count). The van der Waals surface area contributed by atoms with Gasteiger partial charge in [-0.2, -0.15) is 4.31 Å². The molecule has 1 amide bonds. The fourth-order valence-electron chi connectivity index (χ4n) is 4.99. The minimum absolute atomic E-state index is 0.00928. The molecule has 0 bridgehead atoms. The number of aromatic nitrogens is 2. The number of nitrogens with one attached hydrogen (secondary N) is 1. The van der Waals surface area contributed by atoms with Crippen LogP contribution in [0, 0.1) is 5.92 Å². The van der Waals surface area contributed by atoms with Gasteiger partial charge in [0.2, 0.25) is 10.0 Å². The molecule has 0 radical (unpaired) electrons. The van der Waals surface area contributed by atoms with Gasteiger partial charge >= 0.3 is 12.1 Å². The molecule has 15 heteroatoms. The SMILES string of the molecule is CC(C)CN(C[C@@H](O)[C@H](Cc1ccccc1)NC(=O)OCc1cncs1)S(=O)(=O)c1ccc2nc(C(C)C(=O)CCCC(=O)O)sc2c1. The first kappa shape index (κ1) is 37.1. The van der Waals surface area contributed by atoms with E-state index in [0.717, 1.165) is 10.4 Å². The van der Waals surface area contributed by atoms with Gasteiger partial charge in [0.25, 0.3) is 0 Å². The number of aliphatic carboxylic acids is 1. The van der Waals surface area contributed by atoms with Crippen molar-refractivity contribution in [1.29, 1.82) is 0 Å². The Morgan fingerprint density at radius 1 is 1.04 bits per heavy atom. The second kappa shape index (κ2) is 17.1. The van der Waals surface area contributed by atoms with Crippen LogP contribution in [-0.2, 0) is 37.4 Å². The van der Waals surface area contributed by atoms with E-state index in [1.54, 1.807) is 24.7 Å². The number of Topliss-reactive ketones (excluding diaryl/α,β-unsaturated/α-hetero) is 1. The molecule has 2 aromatic carbocycles. The third-order valence-corrected chi connectivity index (χ3v) is 11.3. The first-order valence-electron chi connectivity index (χ1n) is 15.5. The van der Waals surface area contributed by atoms with Crippen molar-refractivity contribution in [3.05, 3.63) is 75.7 Å². The van der Waals surface area contributed by atoms with Gasteiger partial charge < -0.3 is 20.3 Å². The monoisotopic (exact) mass is 716 g/mol. The van der Waals surface area contributed by atoms with Crippen molar-refractivity contribution in [3.63, 3.8) is 0 Å². The topological polar surface area (TPSA) is 176 Å². The van der Waals surface area contributed by atoms with Crippen molar-refractivity contribution in [2.45, 2.75) is 76.0 Å². The van der Waals surface area contributed by atoms with E-state index in [0.29, 0.717) is 15.2 Å². The second-order valence-electron chi connectivity index (χ2n) is 11.9. The fraction of sp³-hybridized carbons (Fsp3) is 0.424. The molecule has 3 atom stereocenters. The number of fused-ring (bicyclic) bond motifs is 1. The first-order chi connectivity index (χ1) is 22.8. The largest absolute Gasteiger partial charge is 0.481 e. The quantitative estimate of drug-likeness (QED) is 0.124. The Hall–Kier alpha value is -3.76. The van der Waals surface area contributed by atoms with Crippen LogP contribution in [0.5, 0.6) is 0 Å². The lowest BCUT2D eigenvalue weighted by Gasteiger charge is -2.30. The summed E-state index contributed by atoms with van der Waals surface area (Å²) < 4.78 is 35.3. The minimum atomic E-state index is -4.12. The van der Waals surface area contributed by atoms with Gasteiger partial charge in [-0.25, -0.2) is 18.2 Å². The molecule has 12 nitrogen and oxygen atoms in total. The van der Waals surface area contributed by atoms with Gasteiger partial charge in [-0.05, 0) is 49.4 Å². The molecule has 0 fully saturated rings. The number of hydrogen-bond donors (Lipinski definition) is 3. The molecule has 48 heavy (non-hydrogen) atoms. The maximum atomic E-state index is 14.1. The minimum Gasteiger partial charge on any atom is -0.481 e. The number of carbonyl (C=O) groups is 3. The standard InChI is InChI=1S/C33H40N4O8S3/c1-21(2)17-37(18-29(39)27(14-23-8-5-4-6-9-23)36-33(42)45-19-24-16-34-20-46-24)48(43,44)25-12-13-26-30(15-25)47-32(35-26)22(3)28(38)10-7-11-31(40)41/h4-6,8-9,12-13,15-16,20-22,27,29,39H,7,10-11,14,17-19H2,1-3H3,(H,36,42)(H,40,41)/t22?,27-,29+/m0/s1. The number of sulfonamides is 1. The van der Waals surface area contributed by atoms with Crippen molar-refractivity contribution < 1.29 is 37.8 Å². The number of carboxylic acids is 1. The smallest absolute Gasteiger partial charge is 0.407 e. The highest BCUT2D eigenvalue weighted by atomic mass is 32.2. The normalized spacial score (nSPS) is 13.8. The number of aliphatic hydroxyl groups is 1. The number of thiazole rings is 2. The Balaban J connectivity index is 1.53. The highest BCUT2D eigenvalue weighted by molar-refractivity contribution is 7.89. The molecule has 0 aliphatic rings. The van der Waals surface area contributed by atoms with E-state index in [1.807, 2.05) is 44.2 Å². The number of alkyl carbamates (subject to hydrolysis) is 1. The van der Waals surface area contributed by atoms with Crippen LogP contribution in [0.1, 0.15) is 61.4 Å². The van der Waals surface area contributed by atoms with Gasteiger partial charge in [-0.3, -0.25) is 14.6 Å². The summed E-state index contributed by atoms with van der Waals surface area (Å²) in [6, 6.07) is 12.9. The third kappa shape index (κ3) is 10.4. The van der Waals surface area contributed by atoms with Gasteiger partial charge in [0.15, 0.2) is 0 Å². The molecule has 0 spiro atoms. The lowest BCUT2D eigenvalue weighted by Crippen LogP contribution is -2.51. The molecular formula is C33H40N4O8S3. The molecule has 0 aliphatic heterocycles. The third-order valence-electron chi connectivity index (χ3n) is 7.54. The maximum absolute atomic E-state index is 14.1. The van der Waals surface area contributed by atoms with Gasteiger partial charge in [-0.1, -0.05) is 44.2 Å². The molecule has 2 heterocycles. The molecule has 0 saturated heterocycles. The Bertz CT molecular complexity index is 1780. The zero-order chi connectivity index (χ0) is 34.8. The van der Waals surface area contributed by atoms with Crippen LogP contribution in [0.25, 0.3) is 10.2 Å². The van der Waals surface area contributed by atoms with Crippen molar-refractivity contribution in [1.82, 2.24) is 19.6 Å². The van der Waals surface area contributed by atoms with Crippen molar-refractivity contribution in [2.75, 3.05) is 13.1 Å². The average Bonchev–Trinajstić information content (AvgIpc) is 3.73. The van der Waals surface area contributed by atoms with E-state index in [9.17, 15) is 27.9 Å². The first-order valence-corrected chi connectivity index (χ1v) is 18.6. The Kier molecular flexibility index (Phi) is 13.2. The zero-order valence-corrected chi connectivity index (χ0v) is 29.4. The highest BCUT2D eigenvalue weighted by Crippen LogP contribution is 2.31. The number of carboxylic acid groups (broad SMARTS) is 1. The molecular weight excluding hydrogens is 677 g/mol. The molecule has 1 unspecified atom stereocenters. The number of benzene rings is 2. The van der Waals surface area contributed by atoms with Crippen LogP contribution in [-0.4, -0.2) is 76.0 Å². The summed E-state index contributed by atoms with van der Waals surface area (Å²) in [4.78, 5) is 45.5. The molecule has 4 aromatic rings. The maximum Gasteiger partial charge on any atom is 0.407 e. The summed E-state index contributed by atoms with van der Waals surface area (Å²) in [5, 5.41) is 23.6. The predicted molar refractivity (Wildman–Crippen MR) is 184 cm³/mol. The number of nitrogens with zero attached hydrogens (tertiary/aromatic N) is 3. The Morgan fingerprint density at radius 3 is 2.46 bits per heavy atom. The van der Waals surface area contributed by atoms with Crippen LogP contribution >= 0.6 is 22.7 Å². The molecule has 0 saturated carbocycles. The summed E-state index contributed by atoms with van der Waals surface area (Å²) in [7, 11) is -4.12. The Labute approximate surface area is 287 Å². The number of amides is 1. The summed E-state index contributed by atoms with van der Waals surface area (Å²) in [5.41, 5.74) is 3.00. The van der Waals surface area contributed by atoms with Gasteiger partial charge in [0.1, 0.15) is 17.4 Å².